The monoisotopic (exact) mass is 345 g/mol. The van der Waals surface area contributed by atoms with E-state index < -0.39 is 5.97 Å². The quantitative estimate of drug-likeness (QED) is 0.647. The van der Waals surface area contributed by atoms with E-state index in [4.69, 9.17) is 9.26 Å². The number of fused-ring (bicyclic) bond motifs is 1. The molecule has 1 aromatic heterocycles. The van der Waals surface area contributed by atoms with Crippen LogP contribution in [0.15, 0.2) is 45.4 Å². The fourth-order valence-corrected chi connectivity index (χ4v) is 3.00. The normalized spacial score (nSPS) is 10.8. The maximum atomic E-state index is 11.9. The van der Waals surface area contributed by atoms with Crippen LogP contribution in [0.1, 0.15) is 16.1 Å². The largest absolute Gasteiger partial charge is 0.465 e. The summed E-state index contributed by atoms with van der Waals surface area (Å²) in [5.74, 6) is -0.0132. The molecule has 0 atom stereocenters. The van der Waals surface area contributed by atoms with Crippen LogP contribution in [0.2, 0.25) is 0 Å². The van der Waals surface area contributed by atoms with Gasteiger partial charge >= 0.3 is 5.97 Å². The van der Waals surface area contributed by atoms with E-state index in [1.807, 2.05) is 36.4 Å². The SMILES string of the molecule is COC(=O)c1c(-c2ccc3ccccc3c2Br)noc1C. The summed E-state index contributed by atoms with van der Waals surface area (Å²) in [7, 11) is 1.34. The second-order valence-electron chi connectivity index (χ2n) is 4.60. The predicted molar refractivity (Wildman–Crippen MR) is 83.2 cm³/mol. The Hall–Kier alpha value is -2.14. The van der Waals surface area contributed by atoms with Gasteiger partial charge in [0.1, 0.15) is 17.0 Å². The average Bonchev–Trinajstić information content (AvgIpc) is 2.89. The van der Waals surface area contributed by atoms with Gasteiger partial charge in [-0.2, -0.15) is 0 Å². The summed E-state index contributed by atoms with van der Waals surface area (Å²) in [6.07, 6.45) is 0. The molecule has 0 N–H and O–H groups in total. The van der Waals surface area contributed by atoms with Gasteiger partial charge in [-0.05, 0) is 33.6 Å². The molecule has 21 heavy (non-hydrogen) atoms. The standard InChI is InChI=1S/C16H12BrNO3/c1-9-13(16(19)20-2)15(18-21-9)12-8-7-10-5-3-4-6-11(10)14(12)17/h3-8H,1-2H3. The minimum absolute atomic E-state index is 0.355. The fraction of sp³-hybridized carbons (Fsp3) is 0.125. The molecule has 0 radical (unpaired) electrons. The van der Waals surface area contributed by atoms with E-state index >= 15 is 0 Å². The van der Waals surface area contributed by atoms with Crippen LogP contribution in [-0.4, -0.2) is 18.2 Å². The zero-order valence-corrected chi connectivity index (χ0v) is 13.1. The summed E-state index contributed by atoms with van der Waals surface area (Å²) in [5, 5.41) is 6.17. The Morgan fingerprint density at radius 1 is 1.24 bits per heavy atom. The van der Waals surface area contributed by atoms with Crippen molar-refractivity contribution in [3.05, 3.63) is 52.2 Å². The highest BCUT2D eigenvalue weighted by Gasteiger charge is 2.24. The van der Waals surface area contributed by atoms with Gasteiger partial charge in [0, 0.05) is 10.0 Å². The van der Waals surface area contributed by atoms with E-state index in [1.54, 1.807) is 6.92 Å². The van der Waals surface area contributed by atoms with Crippen LogP contribution in [0.3, 0.4) is 0 Å². The van der Waals surface area contributed by atoms with Crippen molar-refractivity contribution in [3.8, 4) is 11.3 Å². The van der Waals surface area contributed by atoms with Crippen molar-refractivity contribution in [2.24, 2.45) is 0 Å². The first-order valence-corrected chi connectivity index (χ1v) is 7.15. The van der Waals surface area contributed by atoms with E-state index in [2.05, 4.69) is 21.1 Å². The fourth-order valence-electron chi connectivity index (χ4n) is 2.31. The number of ether oxygens (including phenoxy) is 1. The molecule has 1 heterocycles. The summed E-state index contributed by atoms with van der Waals surface area (Å²) in [6, 6.07) is 11.9. The lowest BCUT2D eigenvalue weighted by atomic mass is 10.0. The number of aryl methyl sites for hydroxylation is 1. The molecular weight excluding hydrogens is 334 g/mol. The number of aromatic nitrogens is 1. The number of carbonyl (C=O) groups excluding carboxylic acids is 1. The van der Waals surface area contributed by atoms with Crippen LogP contribution in [0, 0.1) is 6.92 Å². The molecule has 3 rings (SSSR count). The number of halogens is 1. The molecule has 0 aliphatic heterocycles. The van der Waals surface area contributed by atoms with Crippen LogP contribution < -0.4 is 0 Å². The molecule has 0 aliphatic carbocycles. The first-order chi connectivity index (χ1) is 10.1. The Morgan fingerprint density at radius 2 is 2.00 bits per heavy atom. The van der Waals surface area contributed by atoms with Gasteiger partial charge in [-0.1, -0.05) is 41.6 Å². The lowest BCUT2D eigenvalue weighted by Crippen LogP contribution is -2.03. The minimum atomic E-state index is -0.455. The van der Waals surface area contributed by atoms with Crippen molar-refractivity contribution >= 4 is 32.7 Å². The number of nitrogens with zero attached hydrogens (tertiary/aromatic N) is 1. The molecule has 0 spiro atoms. The molecule has 0 saturated carbocycles. The molecule has 0 fully saturated rings. The zero-order valence-electron chi connectivity index (χ0n) is 11.5. The van der Waals surface area contributed by atoms with Gasteiger partial charge in [0.25, 0.3) is 0 Å². The van der Waals surface area contributed by atoms with Crippen LogP contribution in [0.5, 0.6) is 0 Å². The highest BCUT2D eigenvalue weighted by Crippen LogP contribution is 2.36. The number of carbonyl (C=O) groups is 1. The Labute approximate surface area is 129 Å². The first-order valence-electron chi connectivity index (χ1n) is 6.35. The maximum Gasteiger partial charge on any atom is 0.343 e. The van der Waals surface area contributed by atoms with Crippen LogP contribution in [-0.2, 0) is 4.74 Å². The van der Waals surface area contributed by atoms with Gasteiger partial charge in [0.15, 0.2) is 0 Å². The summed E-state index contributed by atoms with van der Waals surface area (Å²) < 4.78 is 10.9. The summed E-state index contributed by atoms with van der Waals surface area (Å²) in [6.45, 7) is 1.69. The Morgan fingerprint density at radius 3 is 2.76 bits per heavy atom. The summed E-state index contributed by atoms with van der Waals surface area (Å²) >= 11 is 3.60. The van der Waals surface area contributed by atoms with E-state index in [9.17, 15) is 4.79 Å². The molecule has 106 valence electrons. The van der Waals surface area contributed by atoms with Crippen molar-refractivity contribution < 1.29 is 14.1 Å². The van der Waals surface area contributed by atoms with Crippen molar-refractivity contribution in [2.75, 3.05) is 7.11 Å². The highest BCUT2D eigenvalue weighted by atomic mass is 79.9. The van der Waals surface area contributed by atoms with Crippen molar-refractivity contribution in [2.45, 2.75) is 6.92 Å². The third-order valence-corrected chi connectivity index (χ3v) is 4.22. The van der Waals surface area contributed by atoms with Crippen LogP contribution in [0.4, 0.5) is 0 Å². The van der Waals surface area contributed by atoms with Crippen LogP contribution >= 0.6 is 15.9 Å². The molecule has 3 aromatic rings. The second kappa shape index (κ2) is 5.33. The second-order valence-corrected chi connectivity index (χ2v) is 5.40. The van der Waals surface area contributed by atoms with E-state index in [0.717, 1.165) is 20.8 Å². The van der Waals surface area contributed by atoms with Gasteiger partial charge in [-0.25, -0.2) is 4.79 Å². The molecule has 2 aromatic carbocycles. The van der Waals surface area contributed by atoms with E-state index in [1.165, 1.54) is 7.11 Å². The lowest BCUT2D eigenvalue weighted by molar-refractivity contribution is 0.0599. The molecule has 0 bridgehead atoms. The number of hydrogen-bond donors (Lipinski definition) is 0. The number of benzene rings is 2. The third-order valence-electron chi connectivity index (χ3n) is 3.37. The van der Waals surface area contributed by atoms with Gasteiger partial charge in [-0.3, -0.25) is 0 Å². The van der Waals surface area contributed by atoms with Gasteiger partial charge < -0.3 is 9.26 Å². The topological polar surface area (TPSA) is 52.3 Å². The number of methoxy groups -OCH3 is 1. The molecule has 4 nitrogen and oxygen atoms in total. The minimum Gasteiger partial charge on any atom is -0.465 e. The molecule has 5 heteroatoms. The molecule has 0 amide bonds. The van der Waals surface area contributed by atoms with Crippen molar-refractivity contribution in [1.29, 1.82) is 0 Å². The Kier molecular flexibility index (Phi) is 3.51. The smallest absolute Gasteiger partial charge is 0.343 e. The Bertz CT molecular complexity index is 839. The van der Waals surface area contributed by atoms with Crippen LogP contribution in [0.25, 0.3) is 22.0 Å². The maximum absolute atomic E-state index is 11.9. The molecular formula is C16H12BrNO3. The number of hydrogen-bond acceptors (Lipinski definition) is 4. The van der Waals surface area contributed by atoms with Crippen molar-refractivity contribution in [1.82, 2.24) is 5.16 Å². The summed E-state index contributed by atoms with van der Waals surface area (Å²) in [5.41, 5.74) is 1.64. The van der Waals surface area contributed by atoms with Gasteiger partial charge in [-0.15, -0.1) is 0 Å². The average molecular weight is 346 g/mol. The first kappa shape index (κ1) is 13.8. The molecule has 0 aliphatic rings. The summed E-state index contributed by atoms with van der Waals surface area (Å²) in [4.78, 5) is 11.9. The van der Waals surface area contributed by atoms with Crippen molar-refractivity contribution in [3.63, 3.8) is 0 Å². The number of esters is 1. The predicted octanol–water partition coefficient (Wildman–Crippen LogP) is 4.35. The third kappa shape index (κ3) is 2.23. The molecule has 0 unspecified atom stereocenters. The van der Waals surface area contributed by atoms with Gasteiger partial charge in [0.2, 0.25) is 0 Å². The van der Waals surface area contributed by atoms with E-state index in [0.29, 0.717) is 17.0 Å². The lowest BCUT2D eigenvalue weighted by Gasteiger charge is -2.07. The van der Waals surface area contributed by atoms with E-state index in [-0.39, 0.29) is 0 Å². The van der Waals surface area contributed by atoms with Gasteiger partial charge in [0.05, 0.1) is 7.11 Å². The number of rotatable bonds is 2. The highest BCUT2D eigenvalue weighted by molar-refractivity contribution is 9.10. The zero-order chi connectivity index (χ0) is 15.0. The molecule has 0 saturated heterocycles. The Balaban J connectivity index is 2.27.